The summed E-state index contributed by atoms with van der Waals surface area (Å²) in [7, 11) is 0. The summed E-state index contributed by atoms with van der Waals surface area (Å²) in [5, 5.41) is 5.03. The molecular formula is C26H26N4OS. The van der Waals surface area contributed by atoms with Crippen molar-refractivity contribution in [2.45, 2.75) is 33.0 Å². The number of H-pyrrole nitrogens is 1. The molecule has 2 aromatic heterocycles. The van der Waals surface area contributed by atoms with Crippen molar-refractivity contribution in [2.75, 3.05) is 0 Å². The highest BCUT2D eigenvalue weighted by Crippen LogP contribution is 2.17. The van der Waals surface area contributed by atoms with Crippen molar-refractivity contribution in [2.24, 2.45) is 0 Å². The van der Waals surface area contributed by atoms with Crippen LogP contribution in [0.25, 0.3) is 10.9 Å². The minimum atomic E-state index is -0.101. The largest absolute Gasteiger partial charge is 0.356 e. The maximum absolute atomic E-state index is 12.8. The molecular weight excluding hydrogens is 416 g/mol. The average Bonchev–Trinajstić information content (AvgIpc) is 2.80. The molecule has 162 valence electrons. The summed E-state index contributed by atoms with van der Waals surface area (Å²) >= 11 is 5.79. The molecule has 4 aromatic rings. The molecule has 0 aliphatic carbocycles. The Kier molecular flexibility index (Phi) is 6.61. The van der Waals surface area contributed by atoms with Crippen LogP contribution < -0.4 is 10.9 Å². The van der Waals surface area contributed by atoms with E-state index in [-0.39, 0.29) is 11.6 Å². The highest BCUT2D eigenvalue weighted by molar-refractivity contribution is 7.80. The molecule has 0 radical (unpaired) electrons. The highest BCUT2D eigenvalue weighted by Gasteiger charge is 2.16. The lowest BCUT2D eigenvalue weighted by molar-refractivity contribution is 0.391. The van der Waals surface area contributed by atoms with Crippen LogP contribution in [0.5, 0.6) is 0 Å². The van der Waals surface area contributed by atoms with E-state index in [1.807, 2.05) is 66.6 Å². The van der Waals surface area contributed by atoms with Crippen molar-refractivity contribution < 1.29 is 0 Å². The fourth-order valence-electron chi connectivity index (χ4n) is 3.71. The van der Waals surface area contributed by atoms with Crippen LogP contribution in [-0.2, 0) is 13.1 Å². The fraction of sp³-hybridized carbons (Fsp3) is 0.192. The van der Waals surface area contributed by atoms with Crippen molar-refractivity contribution in [3.63, 3.8) is 0 Å². The van der Waals surface area contributed by atoms with Crippen LogP contribution in [-0.4, -0.2) is 20.0 Å². The minimum absolute atomic E-state index is 0.0395. The number of nitrogens with one attached hydrogen (secondary N) is 2. The van der Waals surface area contributed by atoms with E-state index in [0.29, 0.717) is 23.8 Å². The molecule has 32 heavy (non-hydrogen) atoms. The normalized spacial score (nSPS) is 11.8. The number of fused-ring (bicyclic) bond motifs is 1. The molecule has 1 atom stereocenters. The molecule has 0 unspecified atom stereocenters. The Morgan fingerprint density at radius 3 is 2.66 bits per heavy atom. The first kappa shape index (κ1) is 21.7. The summed E-state index contributed by atoms with van der Waals surface area (Å²) in [6.07, 6.45) is 3.57. The Bertz CT molecular complexity index is 1270. The van der Waals surface area contributed by atoms with E-state index in [4.69, 9.17) is 12.2 Å². The van der Waals surface area contributed by atoms with Crippen LogP contribution in [0.1, 0.15) is 35.2 Å². The monoisotopic (exact) mass is 442 g/mol. The van der Waals surface area contributed by atoms with Crippen molar-refractivity contribution >= 4 is 28.2 Å². The van der Waals surface area contributed by atoms with E-state index in [1.54, 1.807) is 6.20 Å². The van der Waals surface area contributed by atoms with E-state index in [9.17, 15) is 4.79 Å². The number of pyridine rings is 2. The molecule has 0 saturated carbocycles. The summed E-state index contributed by atoms with van der Waals surface area (Å²) in [5.74, 6) is 0. The number of hydrogen-bond acceptors (Lipinski definition) is 3. The van der Waals surface area contributed by atoms with E-state index in [2.05, 4.69) is 40.4 Å². The quantitative estimate of drug-likeness (QED) is 0.417. The Hall–Kier alpha value is -3.51. The van der Waals surface area contributed by atoms with Crippen molar-refractivity contribution in [1.29, 1.82) is 0 Å². The lowest BCUT2D eigenvalue weighted by Gasteiger charge is -2.28. The number of rotatable bonds is 6. The number of aryl methyl sites for hydroxylation is 1. The first-order valence-corrected chi connectivity index (χ1v) is 11.0. The van der Waals surface area contributed by atoms with Gasteiger partial charge in [-0.15, -0.1) is 0 Å². The molecule has 2 aromatic carbocycles. The minimum Gasteiger partial charge on any atom is -0.356 e. The molecule has 0 spiro atoms. The molecule has 5 nitrogen and oxygen atoms in total. The van der Waals surface area contributed by atoms with E-state index < -0.39 is 0 Å². The van der Waals surface area contributed by atoms with Gasteiger partial charge in [-0.1, -0.05) is 48.0 Å². The number of aromatic amines is 1. The van der Waals surface area contributed by atoms with Crippen molar-refractivity contribution in [3.05, 3.63) is 112 Å². The maximum Gasteiger partial charge on any atom is 0.253 e. The predicted octanol–water partition coefficient (Wildman–Crippen LogP) is 4.87. The van der Waals surface area contributed by atoms with Crippen LogP contribution >= 0.6 is 12.2 Å². The summed E-state index contributed by atoms with van der Waals surface area (Å²) in [6.45, 7) is 5.06. The van der Waals surface area contributed by atoms with E-state index >= 15 is 0 Å². The van der Waals surface area contributed by atoms with Crippen LogP contribution in [0.15, 0.2) is 83.9 Å². The van der Waals surface area contributed by atoms with Gasteiger partial charge in [-0.2, -0.15) is 0 Å². The Morgan fingerprint density at radius 1 is 1.09 bits per heavy atom. The zero-order valence-corrected chi connectivity index (χ0v) is 19.0. The molecule has 6 heteroatoms. The van der Waals surface area contributed by atoms with Crippen molar-refractivity contribution in [3.8, 4) is 0 Å². The molecule has 0 fully saturated rings. The first-order chi connectivity index (χ1) is 15.5. The first-order valence-electron chi connectivity index (χ1n) is 10.6. The van der Waals surface area contributed by atoms with Crippen LogP contribution in [0.3, 0.4) is 0 Å². The second-order valence-corrected chi connectivity index (χ2v) is 8.40. The van der Waals surface area contributed by atoms with Gasteiger partial charge in [0.2, 0.25) is 0 Å². The molecule has 0 aliphatic rings. The van der Waals surface area contributed by atoms with Gasteiger partial charge >= 0.3 is 0 Å². The van der Waals surface area contributed by atoms with Gasteiger partial charge in [0.15, 0.2) is 5.11 Å². The molecule has 4 rings (SSSR count). The van der Waals surface area contributed by atoms with Gasteiger partial charge in [0.05, 0.1) is 12.6 Å². The van der Waals surface area contributed by atoms with Gasteiger partial charge in [-0.05, 0) is 66.8 Å². The Labute approximate surface area is 193 Å². The van der Waals surface area contributed by atoms with Crippen molar-refractivity contribution in [1.82, 2.24) is 20.2 Å². The number of thiocarbonyl (C=S) groups is 1. The molecule has 2 N–H and O–H groups in total. The standard InChI is InChI=1S/C26H26N4OS/c1-18-10-11-24-22(13-18)14-23(25(31)29-24)17-30(16-20-7-6-12-27-15-20)26(32)28-19(2)21-8-4-3-5-9-21/h3-15,19H,16-17H2,1-2H3,(H,28,32)(H,29,31)/t19-/m1/s1. The van der Waals surface area contributed by atoms with Gasteiger partial charge in [-0.3, -0.25) is 9.78 Å². The molecule has 0 aliphatic heterocycles. The average molecular weight is 443 g/mol. The SMILES string of the molecule is Cc1ccc2[nH]c(=O)c(CN(Cc3cccnc3)C(=S)N[C@H](C)c3ccccc3)cc2c1. The molecule has 2 heterocycles. The number of benzene rings is 2. The number of hydrogen-bond donors (Lipinski definition) is 2. The Balaban J connectivity index is 1.62. The third kappa shape index (κ3) is 5.21. The highest BCUT2D eigenvalue weighted by atomic mass is 32.1. The summed E-state index contributed by atoms with van der Waals surface area (Å²) in [6, 6.07) is 22.1. The third-order valence-corrected chi connectivity index (χ3v) is 5.84. The number of nitrogens with zero attached hydrogens (tertiary/aromatic N) is 2. The lowest BCUT2D eigenvalue weighted by Crippen LogP contribution is -2.41. The van der Waals surface area contributed by atoms with Gasteiger partial charge in [0, 0.05) is 30.0 Å². The molecule has 0 bridgehead atoms. The second kappa shape index (κ2) is 9.75. The smallest absolute Gasteiger partial charge is 0.253 e. The maximum atomic E-state index is 12.8. The van der Waals surface area contributed by atoms with E-state index in [0.717, 1.165) is 27.6 Å². The predicted molar refractivity (Wildman–Crippen MR) is 133 cm³/mol. The van der Waals surface area contributed by atoms with Gasteiger partial charge in [0.1, 0.15) is 0 Å². The molecule has 0 amide bonds. The zero-order valence-electron chi connectivity index (χ0n) is 18.2. The summed E-state index contributed by atoms with van der Waals surface area (Å²) in [5.41, 5.74) is 4.73. The fourth-order valence-corrected chi connectivity index (χ4v) is 4.01. The number of aromatic nitrogens is 2. The van der Waals surface area contributed by atoms with Crippen LogP contribution in [0, 0.1) is 6.92 Å². The van der Waals surface area contributed by atoms with Crippen LogP contribution in [0.4, 0.5) is 0 Å². The Morgan fingerprint density at radius 2 is 1.91 bits per heavy atom. The third-order valence-electron chi connectivity index (χ3n) is 5.46. The summed E-state index contributed by atoms with van der Waals surface area (Å²) < 4.78 is 0. The van der Waals surface area contributed by atoms with Gasteiger partial charge in [-0.25, -0.2) is 0 Å². The van der Waals surface area contributed by atoms with E-state index in [1.165, 1.54) is 0 Å². The molecule has 0 saturated heterocycles. The van der Waals surface area contributed by atoms with Gasteiger partial charge < -0.3 is 15.2 Å². The topological polar surface area (TPSA) is 61.0 Å². The second-order valence-electron chi connectivity index (χ2n) is 8.01. The van der Waals surface area contributed by atoms with Crippen LogP contribution in [0.2, 0.25) is 0 Å². The van der Waals surface area contributed by atoms with Gasteiger partial charge in [0.25, 0.3) is 5.56 Å². The lowest BCUT2D eigenvalue weighted by atomic mass is 10.1. The zero-order chi connectivity index (χ0) is 22.5. The summed E-state index contributed by atoms with van der Waals surface area (Å²) in [4.78, 5) is 22.1.